The Balaban J connectivity index is 2.39. The molecule has 2 heterocycles. The minimum atomic E-state index is -0.423. The number of thiophene rings is 1. The molecule has 0 aromatic carbocycles. The molecule has 2 rings (SSSR count). The van der Waals surface area contributed by atoms with Gasteiger partial charge >= 0.3 is 0 Å². The fourth-order valence-corrected chi connectivity index (χ4v) is 3.65. The summed E-state index contributed by atoms with van der Waals surface area (Å²) in [5.74, 6) is 0.169. The number of hydrogen-bond donors (Lipinski definition) is 1. The maximum absolute atomic E-state index is 12.9. The number of rotatable bonds is 4. The second-order valence-electron chi connectivity index (χ2n) is 6.40. The lowest BCUT2D eigenvalue weighted by atomic mass is 9.90. The maximum Gasteiger partial charge on any atom is 0.246 e. The summed E-state index contributed by atoms with van der Waals surface area (Å²) in [5, 5.41) is 6.95. The van der Waals surface area contributed by atoms with E-state index in [-0.39, 0.29) is 29.7 Å². The predicted octanol–water partition coefficient (Wildman–Crippen LogP) is 2.82. The number of carbonyl (C=O) groups excluding carboxylic acids is 2. The van der Waals surface area contributed by atoms with Crippen LogP contribution in [-0.4, -0.2) is 28.8 Å². The summed E-state index contributed by atoms with van der Waals surface area (Å²) in [5.41, 5.74) is 1.09. The van der Waals surface area contributed by atoms with Gasteiger partial charge in [-0.1, -0.05) is 27.7 Å². The van der Waals surface area contributed by atoms with Gasteiger partial charge in [-0.3, -0.25) is 9.59 Å². The van der Waals surface area contributed by atoms with Crippen LogP contribution in [0.25, 0.3) is 0 Å². The molecule has 21 heavy (non-hydrogen) atoms. The Labute approximate surface area is 130 Å². The van der Waals surface area contributed by atoms with Crippen LogP contribution in [0.5, 0.6) is 0 Å². The molecule has 1 aliphatic rings. The van der Waals surface area contributed by atoms with Crippen molar-refractivity contribution in [3.63, 3.8) is 0 Å². The van der Waals surface area contributed by atoms with Gasteiger partial charge in [0.25, 0.3) is 0 Å². The average molecular weight is 308 g/mol. The van der Waals surface area contributed by atoms with E-state index in [1.54, 1.807) is 16.2 Å². The molecule has 1 N–H and O–H groups in total. The van der Waals surface area contributed by atoms with E-state index in [4.69, 9.17) is 0 Å². The van der Waals surface area contributed by atoms with Crippen LogP contribution in [0.2, 0.25) is 0 Å². The highest BCUT2D eigenvalue weighted by Gasteiger charge is 2.45. The Kier molecular flexibility index (Phi) is 4.71. The molecule has 0 spiro atoms. The van der Waals surface area contributed by atoms with Crippen LogP contribution >= 0.6 is 11.3 Å². The smallest absolute Gasteiger partial charge is 0.246 e. The average Bonchev–Trinajstić information content (AvgIpc) is 2.92. The number of hydrogen-bond acceptors (Lipinski definition) is 3. The van der Waals surface area contributed by atoms with Crippen LogP contribution in [0.1, 0.15) is 46.2 Å². The summed E-state index contributed by atoms with van der Waals surface area (Å²) in [6.45, 7) is 9.91. The lowest BCUT2D eigenvalue weighted by molar-refractivity contribution is -0.155. The van der Waals surface area contributed by atoms with Crippen molar-refractivity contribution in [2.75, 3.05) is 0 Å². The SMILES string of the molecule is CC(C)C1NC(=O)C(C(C)C)N(C(C)c2ccsc2)C1=O. The minimum Gasteiger partial charge on any atom is -0.342 e. The van der Waals surface area contributed by atoms with E-state index in [0.29, 0.717) is 0 Å². The van der Waals surface area contributed by atoms with Crippen LogP contribution in [0.15, 0.2) is 16.8 Å². The molecular weight excluding hydrogens is 284 g/mol. The monoisotopic (exact) mass is 308 g/mol. The number of nitrogens with zero attached hydrogens (tertiary/aromatic N) is 1. The predicted molar refractivity (Wildman–Crippen MR) is 85.0 cm³/mol. The highest BCUT2D eigenvalue weighted by molar-refractivity contribution is 7.07. The van der Waals surface area contributed by atoms with E-state index in [0.717, 1.165) is 5.56 Å². The van der Waals surface area contributed by atoms with Crippen molar-refractivity contribution in [1.82, 2.24) is 10.2 Å². The van der Waals surface area contributed by atoms with Gasteiger partial charge in [0.15, 0.2) is 0 Å². The normalized spacial score (nSPS) is 24.6. The molecule has 0 radical (unpaired) electrons. The van der Waals surface area contributed by atoms with Crippen molar-refractivity contribution in [2.45, 2.75) is 52.7 Å². The molecule has 0 saturated carbocycles. The summed E-state index contributed by atoms with van der Waals surface area (Å²) in [4.78, 5) is 27.1. The zero-order valence-corrected chi connectivity index (χ0v) is 14.1. The molecule has 5 heteroatoms. The highest BCUT2D eigenvalue weighted by atomic mass is 32.1. The van der Waals surface area contributed by atoms with Gasteiger partial charge in [-0.15, -0.1) is 0 Å². The van der Waals surface area contributed by atoms with Gasteiger partial charge in [0.1, 0.15) is 12.1 Å². The molecule has 116 valence electrons. The fourth-order valence-electron chi connectivity index (χ4n) is 2.91. The fraction of sp³-hybridized carbons (Fsp3) is 0.625. The molecule has 0 bridgehead atoms. The third-order valence-electron chi connectivity index (χ3n) is 4.13. The van der Waals surface area contributed by atoms with Gasteiger partial charge < -0.3 is 10.2 Å². The van der Waals surface area contributed by atoms with Gasteiger partial charge in [0, 0.05) is 0 Å². The summed E-state index contributed by atoms with van der Waals surface area (Å²) in [6.07, 6.45) is 0. The summed E-state index contributed by atoms with van der Waals surface area (Å²) in [7, 11) is 0. The molecule has 0 aliphatic carbocycles. The molecule has 1 aliphatic heterocycles. The molecule has 1 aromatic heterocycles. The zero-order valence-electron chi connectivity index (χ0n) is 13.3. The topological polar surface area (TPSA) is 49.4 Å². The molecule has 1 aromatic rings. The molecule has 3 atom stereocenters. The van der Waals surface area contributed by atoms with E-state index in [1.807, 2.05) is 51.4 Å². The molecule has 3 unspecified atom stereocenters. The van der Waals surface area contributed by atoms with Gasteiger partial charge in [0.2, 0.25) is 11.8 Å². The minimum absolute atomic E-state index is 0.0296. The van der Waals surface area contributed by atoms with Crippen molar-refractivity contribution in [1.29, 1.82) is 0 Å². The highest BCUT2D eigenvalue weighted by Crippen LogP contribution is 2.31. The number of amides is 2. The first-order valence-electron chi connectivity index (χ1n) is 7.49. The zero-order chi connectivity index (χ0) is 15.7. The van der Waals surface area contributed by atoms with Crippen LogP contribution < -0.4 is 5.32 Å². The molecule has 1 fully saturated rings. The lowest BCUT2D eigenvalue weighted by Gasteiger charge is -2.45. The molecule has 4 nitrogen and oxygen atoms in total. The summed E-state index contributed by atoms with van der Waals surface area (Å²) in [6, 6.07) is 1.12. The number of piperazine rings is 1. The largest absolute Gasteiger partial charge is 0.342 e. The van der Waals surface area contributed by atoms with Crippen molar-refractivity contribution in [2.24, 2.45) is 11.8 Å². The standard InChI is InChI=1S/C16H24N2O2S/c1-9(2)13-16(20)18(11(5)12-6-7-21-8-12)14(10(3)4)15(19)17-13/h6-11,13-14H,1-5H3,(H,17,19). The molecule has 2 amide bonds. The van der Waals surface area contributed by atoms with Crippen molar-refractivity contribution in [3.05, 3.63) is 22.4 Å². The second kappa shape index (κ2) is 6.18. The first-order valence-corrected chi connectivity index (χ1v) is 8.43. The Hall–Kier alpha value is -1.36. The first-order chi connectivity index (χ1) is 9.84. The molecule has 1 saturated heterocycles. The van der Waals surface area contributed by atoms with Gasteiger partial charge in [-0.25, -0.2) is 0 Å². The van der Waals surface area contributed by atoms with E-state index < -0.39 is 12.1 Å². The van der Waals surface area contributed by atoms with E-state index in [1.165, 1.54) is 0 Å². The first kappa shape index (κ1) is 16.0. The van der Waals surface area contributed by atoms with E-state index >= 15 is 0 Å². The maximum atomic E-state index is 12.9. The van der Waals surface area contributed by atoms with Crippen molar-refractivity contribution < 1.29 is 9.59 Å². The van der Waals surface area contributed by atoms with Crippen LogP contribution in [0, 0.1) is 11.8 Å². The van der Waals surface area contributed by atoms with Gasteiger partial charge in [0.05, 0.1) is 6.04 Å². The quantitative estimate of drug-likeness (QED) is 0.930. The van der Waals surface area contributed by atoms with Crippen LogP contribution in [0.4, 0.5) is 0 Å². The Morgan fingerprint density at radius 3 is 2.29 bits per heavy atom. The van der Waals surface area contributed by atoms with E-state index in [2.05, 4.69) is 5.32 Å². The Bertz CT molecular complexity index is 510. The molecular formula is C16H24N2O2S. The second-order valence-corrected chi connectivity index (χ2v) is 7.18. The van der Waals surface area contributed by atoms with E-state index in [9.17, 15) is 9.59 Å². The van der Waals surface area contributed by atoms with Gasteiger partial charge in [-0.2, -0.15) is 11.3 Å². The summed E-state index contributed by atoms with van der Waals surface area (Å²) >= 11 is 1.61. The number of carbonyl (C=O) groups is 2. The van der Waals surface area contributed by atoms with Crippen LogP contribution in [-0.2, 0) is 9.59 Å². The Morgan fingerprint density at radius 2 is 1.81 bits per heavy atom. The third-order valence-corrected chi connectivity index (χ3v) is 4.83. The van der Waals surface area contributed by atoms with Crippen molar-refractivity contribution >= 4 is 23.2 Å². The Morgan fingerprint density at radius 1 is 1.14 bits per heavy atom. The van der Waals surface area contributed by atoms with Crippen molar-refractivity contribution in [3.8, 4) is 0 Å². The summed E-state index contributed by atoms with van der Waals surface area (Å²) < 4.78 is 0. The van der Waals surface area contributed by atoms with Crippen LogP contribution in [0.3, 0.4) is 0 Å². The third kappa shape index (κ3) is 2.98. The number of nitrogens with one attached hydrogen (secondary N) is 1. The lowest BCUT2D eigenvalue weighted by Crippen LogP contribution is -2.66. The van der Waals surface area contributed by atoms with Gasteiger partial charge in [-0.05, 0) is 41.1 Å².